The third-order valence-corrected chi connectivity index (χ3v) is 1.57. The third kappa shape index (κ3) is 1.42. The van der Waals surface area contributed by atoms with Gasteiger partial charge in [0.05, 0.1) is 11.9 Å². The van der Waals surface area contributed by atoms with E-state index in [1.54, 1.807) is 10.9 Å². The number of Topliss-reactive ketones (excluding diaryl/α,β-unsaturated/α-hetero) is 1. The second kappa shape index (κ2) is 3.14. The van der Waals surface area contributed by atoms with E-state index in [2.05, 4.69) is 10.9 Å². The lowest BCUT2D eigenvalue weighted by molar-refractivity contribution is 0.0994. The smallest absolute Gasteiger partial charge is 0.193 e. The molecule has 0 amide bonds. The molecule has 10 heavy (non-hydrogen) atoms. The second-order valence-corrected chi connectivity index (χ2v) is 2.40. The van der Waals surface area contributed by atoms with Crippen LogP contribution in [-0.2, 0) is 0 Å². The Morgan fingerprint density at radius 2 is 2.70 bits per heavy atom. The molecule has 0 saturated carbocycles. The van der Waals surface area contributed by atoms with E-state index in [1.165, 1.54) is 11.3 Å². The van der Waals surface area contributed by atoms with E-state index in [0.29, 0.717) is 5.69 Å². The van der Waals surface area contributed by atoms with Crippen LogP contribution in [0.15, 0.2) is 10.9 Å². The molecule has 0 aliphatic rings. The van der Waals surface area contributed by atoms with E-state index < -0.39 is 0 Å². The molecule has 0 aliphatic carbocycles. The number of carbonyl (C=O) groups excluding carboxylic acids is 1. The number of hydrogen-bond donors (Lipinski definition) is 0. The number of aromatic nitrogens is 1. The highest BCUT2D eigenvalue weighted by Crippen LogP contribution is 2.03. The molecule has 0 aliphatic heterocycles. The molecule has 2 nitrogen and oxygen atoms in total. The van der Waals surface area contributed by atoms with Gasteiger partial charge in [0, 0.05) is 5.38 Å². The highest BCUT2D eigenvalue weighted by molar-refractivity contribution is 7.07. The van der Waals surface area contributed by atoms with E-state index in [-0.39, 0.29) is 12.2 Å². The van der Waals surface area contributed by atoms with E-state index in [1.807, 2.05) is 0 Å². The van der Waals surface area contributed by atoms with Gasteiger partial charge >= 0.3 is 0 Å². The normalized spacial score (nSPS) is 8.70. The average Bonchev–Trinajstić information content (AvgIpc) is 2.38. The van der Waals surface area contributed by atoms with Gasteiger partial charge in [-0.1, -0.05) is 5.92 Å². The van der Waals surface area contributed by atoms with Crippen molar-refractivity contribution in [3.8, 4) is 12.3 Å². The topological polar surface area (TPSA) is 30.0 Å². The summed E-state index contributed by atoms with van der Waals surface area (Å²) < 4.78 is 0. The molecule has 1 aromatic heterocycles. The number of nitrogens with zero attached hydrogens (tertiary/aromatic N) is 1. The first-order valence-electron chi connectivity index (χ1n) is 2.69. The zero-order valence-electron chi connectivity index (χ0n) is 5.20. The minimum atomic E-state index is -0.0799. The van der Waals surface area contributed by atoms with E-state index in [0.717, 1.165) is 0 Å². The molecule has 0 saturated heterocycles. The monoisotopic (exact) mass is 151 g/mol. The van der Waals surface area contributed by atoms with Crippen LogP contribution < -0.4 is 0 Å². The number of thiazole rings is 1. The predicted molar refractivity (Wildman–Crippen MR) is 39.9 cm³/mol. The number of hydrogen-bond acceptors (Lipinski definition) is 3. The zero-order chi connectivity index (χ0) is 7.40. The first-order chi connectivity index (χ1) is 4.84. The van der Waals surface area contributed by atoms with Crippen molar-refractivity contribution in [3.63, 3.8) is 0 Å². The molecule has 50 valence electrons. The summed E-state index contributed by atoms with van der Waals surface area (Å²) in [5.74, 6) is 2.19. The Balaban J connectivity index is 2.71. The molecule has 0 bridgehead atoms. The summed E-state index contributed by atoms with van der Waals surface area (Å²) in [6.45, 7) is 0. The van der Waals surface area contributed by atoms with Crippen LogP contribution in [0.25, 0.3) is 0 Å². The summed E-state index contributed by atoms with van der Waals surface area (Å²) in [5.41, 5.74) is 2.09. The van der Waals surface area contributed by atoms with Crippen LogP contribution >= 0.6 is 11.3 Å². The number of carbonyl (C=O) groups is 1. The molecule has 0 N–H and O–H groups in total. The maximum absolute atomic E-state index is 10.9. The maximum Gasteiger partial charge on any atom is 0.193 e. The van der Waals surface area contributed by atoms with Crippen LogP contribution in [0.5, 0.6) is 0 Å². The van der Waals surface area contributed by atoms with E-state index in [4.69, 9.17) is 6.42 Å². The summed E-state index contributed by atoms with van der Waals surface area (Å²) in [4.78, 5) is 14.7. The van der Waals surface area contributed by atoms with Crippen LogP contribution in [0.3, 0.4) is 0 Å². The molecule has 0 radical (unpaired) electrons. The van der Waals surface area contributed by atoms with Gasteiger partial charge in [-0.15, -0.1) is 17.8 Å². The van der Waals surface area contributed by atoms with Crippen LogP contribution in [0, 0.1) is 12.3 Å². The number of ketones is 1. The molecule has 1 aromatic rings. The van der Waals surface area contributed by atoms with Crippen molar-refractivity contribution in [1.82, 2.24) is 4.98 Å². The van der Waals surface area contributed by atoms with Crippen molar-refractivity contribution in [3.05, 3.63) is 16.6 Å². The van der Waals surface area contributed by atoms with Crippen LogP contribution in [-0.4, -0.2) is 10.8 Å². The Morgan fingerprint density at radius 1 is 1.90 bits per heavy atom. The maximum atomic E-state index is 10.9. The minimum Gasteiger partial charge on any atom is -0.291 e. The lowest BCUT2D eigenvalue weighted by atomic mass is 10.2. The summed E-state index contributed by atoms with van der Waals surface area (Å²) in [7, 11) is 0. The molecular formula is C7H5NOS. The lowest BCUT2D eigenvalue weighted by Crippen LogP contribution is -1.96. The summed E-state index contributed by atoms with van der Waals surface area (Å²) in [6.07, 6.45) is 5.08. The van der Waals surface area contributed by atoms with Gasteiger partial charge in [-0.2, -0.15) is 0 Å². The second-order valence-electron chi connectivity index (χ2n) is 1.68. The molecule has 1 heterocycles. The molecule has 3 heteroatoms. The number of rotatable bonds is 2. The van der Waals surface area contributed by atoms with Crippen molar-refractivity contribution in [2.45, 2.75) is 6.42 Å². The fourth-order valence-corrected chi connectivity index (χ4v) is 1.09. The fraction of sp³-hybridized carbons (Fsp3) is 0.143. The summed E-state index contributed by atoms with van der Waals surface area (Å²) in [5, 5.41) is 1.69. The standard InChI is InChI=1S/C7H5NOS/c1-2-3-7(9)6-4-10-5-8-6/h1,4-5H,3H2. The Hall–Kier alpha value is -1.14. The van der Waals surface area contributed by atoms with Crippen LogP contribution in [0.1, 0.15) is 16.9 Å². The highest BCUT2D eigenvalue weighted by Gasteiger charge is 2.03. The highest BCUT2D eigenvalue weighted by atomic mass is 32.1. The molecule has 0 fully saturated rings. The minimum absolute atomic E-state index is 0.0799. The van der Waals surface area contributed by atoms with Gasteiger partial charge in [0.25, 0.3) is 0 Å². The van der Waals surface area contributed by atoms with Crippen molar-refractivity contribution in [2.75, 3.05) is 0 Å². The van der Waals surface area contributed by atoms with Gasteiger partial charge in [0.15, 0.2) is 5.78 Å². The zero-order valence-corrected chi connectivity index (χ0v) is 6.02. The van der Waals surface area contributed by atoms with E-state index in [9.17, 15) is 4.79 Å². The SMILES string of the molecule is C#CCC(=O)c1cscn1. The average molecular weight is 151 g/mol. The van der Waals surface area contributed by atoms with Gasteiger partial charge in [-0.3, -0.25) is 4.79 Å². The Bertz CT molecular complexity index is 258. The van der Waals surface area contributed by atoms with Gasteiger partial charge in [0.2, 0.25) is 0 Å². The molecular weight excluding hydrogens is 146 g/mol. The largest absolute Gasteiger partial charge is 0.291 e. The first-order valence-corrected chi connectivity index (χ1v) is 3.63. The van der Waals surface area contributed by atoms with Crippen molar-refractivity contribution in [2.24, 2.45) is 0 Å². The molecule has 1 rings (SSSR count). The molecule has 0 aromatic carbocycles. The number of terminal acetylenes is 1. The Labute approximate surface area is 62.9 Å². The summed E-state index contributed by atoms with van der Waals surface area (Å²) >= 11 is 1.39. The fourth-order valence-electron chi connectivity index (χ4n) is 0.533. The quantitative estimate of drug-likeness (QED) is 0.471. The third-order valence-electron chi connectivity index (χ3n) is 0.981. The Morgan fingerprint density at radius 3 is 3.20 bits per heavy atom. The summed E-state index contributed by atoms with van der Waals surface area (Å²) in [6, 6.07) is 0. The Kier molecular flexibility index (Phi) is 2.19. The van der Waals surface area contributed by atoms with Crippen molar-refractivity contribution >= 4 is 17.1 Å². The van der Waals surface area contributed by atoms with Crippen molar-refractivity contribution in [1.29, 1.82) is 0 Å². The molecule has 0 spiro atoms. The predicted octanol–water partition coefficient (Wildman–Crippen LogP) is 1.35. The van der Waals surface area contributed by atoms with Crippen molar-refractivity contribution < 1.29 is 4.79 Å². The molecule has 0 unspecified atom stereocenters. The van der Waals surface area contributed by atoms with E-state index >= 15 is 0 Å². The van der Waals surface area contributed by atoms with Gasteiger partial charge in [0.1, 0.15) is 5.69 Å². The lowest BCUT2D eigenvalue weighted by Gasteiger charge is -1.85. The van der Waals surface area contributed by atoms with Crippen LogP contribution in [0.4, 0.5) is 0 Å². The van der Waals surface area contributed by atoms with Gasteiger partial charge in [-0.25, -0.2) is 4.98 Å². The van der Waals surface area contributed by atoms with Gasteiger partial charge < -0.3 is 0 Å². The molecule has 0 atom stereocenters. The first kappa shape index (κ1) is 6.97. The van der Waals surface area contributed by atoms with Crippen LogP contribution in [0.2, 0.25) is 0 Å². The van der Waals surface area contributed by atoms with Gasteiger partial charge in [-0.05, 0) is 0 Å².